The van der Waals surface area contributed by atoms with E-state index in [4.69, 9.17) is 14.2 Å². The summed E-state index contributed by atoms with van der Waals surface area (Å²) in [7, 11) is 0. The first-order valence-electron chi connectivity index (χ1n) is 25.1. The van der Waals surface area contributed by atoms with Crippen LogP contribution in [0.2, 0.25) is 0 Å². The number of fused-ring (bicyclic) bond motifs is 3. The number of aliphatic hydroxyl groups excluding tert-OH is 3. The Morgan fingerprint density at radius 3 is 1.09 bits per heavy atom. The van der Waals surface area contributed by atoms with E-state index in [1.807, 2.05) is 43.3 Å². The van der Waals surface area contributed by atoms with Crippen LogP contribution in [0, 0.1) is 14.1 Å². The number of carbonyl (C=O) groups is 6. The molecule has 9 rings (SSSR count). The topological polar surface area (TPSA) is 227 Å². The van der Waals surface area contributed by atoms with Crippen LogP contribution in [0.5, 0.6) is 17.2 Å². The summed E-state index contributed by atoms with van der Waals surface area (Å²) in [6.07, 6.45) is -2.90. The molecule has 3 heterocycles. The molecule has 0 unspecified atom stereocenters. The summed E-state index contributed by atoms with van der Waals surface area (Å²) in [5.74, 6) is 0.542. The quantitative estimate of drug-likeness (QED) is 0.0587. The minimum Gasteiger partial charge on any atom is -0.485 e. The maximum absolute atomic E-state index is 12.7. The highest BCUT2D eigenvalue weighted by molar-refractivity contribution is 14.1. The lowest BCUT2D eigenvalue weighted by Crippen LogP contribution is -2.53. The predicted octanol–water partition coefficient (Wildman–Crippen LogP) is 10.2. The number of halogens is 2. The van der Waals surface area contributed by atoms with Crippen molar-refractivity contribution < 1.29 is 58.3 Å². The molecule has 0 fully saturated rings. The zero-order valence-corrected chi connectivity index (χ0v) is 49.2. The Hall–Kier alpha value is -6.52. The van der Waals surface area contributed by atoms with Gasteiger partial charge >= 0.3 is 0 Å². The average molecular weight is 1280 g/mol. The van der Waals surface area contributed by atoms with Gasteiger partial charge in [-0.25, -0.2) is 0 Å². The minimum absolute atomic E-state index is 0.0871. The van der Waals surface area contributed by atoms with Gasteiger partial charge in [0.15, 0.2) is 17.3 Å². The van der Waals surface area contributed by atoms with E-state index in [1.165, 1.54) is 20.8 Å². The Bertz CT molecular complexity index is 2970. The van der Waals surface area contributed by atoms with Gasteiger partial charge in [-0.1, -0.05) is 29.8 Å². The Labute approximate surface area is 481 Å². The number of ether oxygens (including phenoxy) is 3. The van der Waals surface area contributed by atoms with E-state index in [0.717, 1.165) is 12.7 Å². The van der Waals surface area contributed by atoms with Crippen molar-refractivity contribution in [1.82, 2.24) is 16.0 Å². The Balaban J connectivity index is 0.000000170. The van der Waals surface area contributed by atoms with E-state index < -0.39 is 53.2 Å². The van der Waals surface area contributed by atoms with Gasteiger partial charge in [0.2, 0.25) is 0 Å². The summed E-state index contributed by atoms with van der Waals surface area (Å²) in [6.45, 7) is 17.0. The lowest BCUT2D eigenvalue weighted by atomic mass is 9.85. The number of hydrogen-bond acceptors (Lipinski definition) is 12. The van der Waals surface area contributed by atoms with Crippen LogP contribution in [0.1, 0.15) is 165 Å². The van der Waals surface area contributed by atoms with Gasteiger partial charge in [-0.3, -0.25) is 28.8 Å². The summed E-state index contributed by atoms with van der Waals surface area (Å²) in [5, 5.41) is 41.1. The fourth-order valence-electron chi connectivity index (χ4n) is 9.25. The highest BCUT2D eigenvalue weighted by Crippen LogP contribution is 2.43. The second kappa shape index (κ2) is 23.8. The molecule has 408 valence electrons. The number of ketones is 3. The molecule has 0 aromatic heterocycles. The molecule has 6 aromatic rings. The molecule has 0 spiro atoms. The Morgan fingerprint density at radius 2 is 0.769 bits per heavy atom. The van der Waals surface area contributed by atoms with Crippen molar-refractivity contribution >= 4 is 80.3 Å². The van der Waals surface area contributed by atoms with Gasteiger partial charge in [0.1, 0.15) is 52.4 Å². The van der Waals surface area contributed by atoms with Crippen molar-refractivity contribution in [3.63, 3.8) is 0 Å². The number of hydrogen-bond donors (Lipinski definition) is 6. The first kappa shape index (κ1) is 59.1. The van der Waals surface area contributed by atoms with Crippen LogP contribution in [0.4, 0.5) is 0 Å². The fourth-order valence-corrected chi connectivity index (χ4v) is 10.3. The second-order valence-electron chi connectivity index (χ2n) is 21.1. The Kier molecular flexibility index (Phi) is 18.1. The third kappa shape index (κ3) is 13.5. The van der Waals surface area contributed by atoms with Crippen LogP contribution in [-0.4, -0.2) is 85.5 Å². The lowest BCUT2D eigenvalue weighted by molar-refractivity contribution is -0.0628. The highest BCUT2D eigenvalue weighted by Gasteiger charge is 2.46. The molecule has 0 radical (unpaired) electrons. The molecule has 6 aromatic carbocycles. The van der Waals surface area contributed by atoms with Crippen molar-refractivity contribution in [2.45, 2.75) is 122 Å². The van der Waals surface area contributed by atoms with E-state index in [0.29, 0.717) is 67.3 Å². The van der Waals surface area contributed by atoms with E-state index >= 15 is 0 Å². The SMILES string of the molecule is CC(=O)c1ccc2c(c1)[C@H](NC(=O)c1cccc(C)c1)[C@@H](O)C(C)(C)O2.CC(=O)c1ccc2c(c1)[C@H](NC(=O)c1cccc(I)c1)[C@@H](O)C(C)(C)O2.CC(=O)c1ccc2c(c1)[C@H](NC(=O)c1cccc([125I])c1)[C@@H](O)C(C)(C)O2. The van der Waals surface area contributed by atoms with Crippen molar-refractivity contribution in [2.75, 3.05) is 0 Å². The largest absolute Gasteiger partial charge is 0.485 e. The van der Waals surface area contributed by atoms with Gasteiger partial charge in [-0.15, -0.1) is 0 Å². The number of rotatable bonds is 9. The van der Waals surface area contributed by atoms with Crippen LogP contribution in [0.15, 0.2) is 127 Å². The van der Waals surface area contributed by atoms with E-state index in [1.54, 1.807) is 133 Å². The molecule has 17 heteroatoms. The smallest absolute Gasteiger partial charge is 0.251 e. The molecule has 0 bridgehead atoms. The van der Waals surface area contributed by atoms with Gasteiger partial charge in [0, 0.05) is 57.2 Å². The summed E-state index contributed by atoms with van der Waals surface area (Å²) in [5.41, 5.74) is 3.20. The number of benzene rings is 6. The van der Waals surface area contributed by atoms with Gasteiger partial charge in [0.25, 0.3) is 17.7 Å². The molecule has 6 N–H and O–H groups in total. The predicted molar refractivity (Wildman–Crippen MR) is 312 cm³/mol. The van der Waals surface area contributed by atoms with E-state index in [9.17, 15) is 44.1 Å². The Morgan fingerprint density at radius 1 is 0.449 bits per heavy atom. The molecule has 3 amide bonds. The summed E-state index contributed by atoms with van der Waals surface area (Å²) >= 11 is 4.29. The molecule has 0 saturated heterocycles. The van der Waals surface area contributed by atoms with Gasteiger partial charge < -0.3 is 45.5 Å². The molecule has 0 saturated carbocycles. The average Bonchev–Trinajstić information content (AvgIpc) is 3.52. The van der Waals surface area contributed by atoms with Gasteiger partial charge in [-0.05, 0) is 218 Å². The molecule has 0 aliphatic carbocycles. The number of aliphatic hydroxyl groups is 3. The molecule has 15 nitrogen and oxygen atoms in total. The monoisotopic (exact) mass is 1280 g/mol. The lowest BCUT2D eigenvalue weighted by Gasteiger charge is -2.42. The maximum Gasteiger partial charge on any atom is 0.251 e. The summed E-state index contributed by atoms with van der Waals surface area (Å²) in [6, 6.07) is 34.9. The maximum atomic E-state index is 12.7. The minimum atomic E-state index is -0.969. The van der Waals surface area contributed by atoms with Gasteiger partial charge in [0.05, 0.1) is 18.1 Å². The van der Waals surface area contributed by atoms with Crippen molar-refractivity contribution in [3.05, 3.63) is 190 Å². The third-order valence-corrected chi connectivity index (χ3v) is 15.1. The van der Waals surface area contributed by atoms with Gasteiger partial charge in [-0.2, -0.15) is 0 Å². The summed E-state index contributed by atoms with van der Waals surface area (Å²) < 4.78 is 19.6. The second-order valence-corrected chi connectivity index (χ2v) is 23.6. The number of Topliss-reactive ketones (excluding diaryl/α,β-unsaturated/α-hetero) is 3. The zero-order valence-electron chi connectivity index (χ0n) is 44.9. The summed E-state index contributed by atoms with van der Waals surface area (Å²) in [4.78, 5) is 73.4. The fraction of sp³-hybridized carbons (Fsp3) is 0.311. The van der Waals surface area contributed by atoms with Crippen LogP contribution in [0.25, 0.3) is 0 Å². The van der Waals surface area contributed by atoms with Crippen LogP contribution in [-0.2, 0) is 0 Å². The number of carbonyl (C=O) groups excluding carboxylic acids is 6. The first-order valence-corrected chi connectivity index (χ1v) is 27.3. The number of nitrogens with one attached hydrogen (secondary N) is 3. The molecule has 3 aliphatic rings. The van der Waals surface area contributed by atoms with Crippen molar-refractivity contribution in [3.8, 4) is 17.2 Å². The highest BCUT2D eigenvalue weighted by atomic mass is 127. The van der Waals surface area contributed by atoms with E-state index in [-0.39, 0.29) is 35.1 Å². The van der Waals surface area contributed by atoms with Crippen LogP contribution >= 0.6 is 45.2 Å². The molecular weight excluding hydrogens is 1220 g/mol. The molecule has 6 atom stereocenters. The zero-order chi connectivity index (χ0) is 57.2. The standard InChI is InChI=1S/C21H23NO4.2C20H20INO4/c1-12-6-5-7-15(10-12)20(25)22-18-16-11-14(13(2)23)8-9-17(16)26-21(3,4)19(18)24;2*1-11(23)12-7-8-16-15(10-12)17(18(24)20(2,3)26-16)22-19(25)13-5-4-6-14(21)9-13/h5-11,18-19,24H,1-4H3,(H,22,25);2*4-10,17-18,24H,1-3H3,(H,22,25)/t18-,19+;2*17-,18+/m000/s1/i;21-2;. The normalized spacial score (nSPS) is 20.7. The van der Waals surface area contributed by atoms with Crippen LogP contribution in [0.3, 0.4) is 0 Å². The molecular formula is C61H63I2N3O12. The molecule has 3 aliphatic heterocycles. The van der Waals surface area contributed by atoms with Crippen molar-refractivity contribution in [2.24, 2.45) is 0 Å². The molecule has 78 heavy (non-hydrogen) atoms. The number of aryl methyl sites for hydroxylation is 1. The van der Waals surface area contributed by atoms with E-state index in [2.05, 4.69) is 61.1 Å². The first-order chi connectivity index (χ1) is 36.6. The van der Waals surface area contributed by atoms with Crippen molar-refractivity contribution in [1.29, 1.82) is 0 Å². The number of amides is 3. The third-order valence-electron chi connectivity index (χ3n) is 13.8. The van der Waals surface area contributed by atoms with Crippen LogP contribution < -0.4 is 30.2 Å².